The van der Waals surface area contributed by atoms with E-state index in [0.717, 1.165) is 42.5 Å². The summed E-state index contributed by atoms with van der Waals surface area (Å²) in [6.07, 6.45) is 2.15. The Kier molecular flexibility index (Phi) is 6.92. The molecule has 106 valence electrons. The van der Waals surface area contributed by atoms with E-state index < -0.39 is 0 Å². The number of carbonyl (C=O) groups is 1. The van der Waals surface area contributed by atoms with Crippen molar-refractivity contribution in [3.63, 3.8) is 0 Å². The monoisotopic (exact) mass is 326 g/mol. The first kappa shape index (κ1) is 16.0. The van der Waals surface area contributed by atoms with E-state index in [4.69, 9.17) is 0 Å². The molecule has 0 atom stereocenters. The van der Waals surface area contributed by atoms with E-state index in [1.54, 1.807) is 0 Å². The summed E-state index contributed by atoms with van der Waals surface area (Å²) in [6, 6.07) is 7.79. The zero-order valence-corrected chi connectivity index (χ0v) is 13.6. The minimum Gasteiger partial charge on any atom is -0.378 e. The highest BCUT2D eigenvalue weighted by Gasteiger charge is 2.14. The van der Waals surface area contributed by atoms with E-state index in [0.29, 0.717) is 0 Å². The van der Waals surface area contributed by atoms with Crippen LogP contribution in [0.5, 0.6) is 0 Å². The van der Waals surface area contributed by atoms with Gasteiger partial charge >= 0.3 is 0 Å². The molecule has 19 heavy (non-hydrogen) atoms. The van der Waals surface area contributed by atoms with Crippen LogP contribution >= 0.6 is 15.9 Å². The van der Waals surface area contributed by atoms with E-state index in [1.807, 2.05) is 48.2 Å². The molecule has 0 saturated carbocycles. The second-order valence-electron chi connectivity index (χ2n) is 4.78. The average Bonchev–Trinajstić information content (AvgIpc) is 2.42. The molecule has 0 fully saturated rings. The quantitative estimate of drug-likeness (QED) is 0.717. The molecule has 0 aliphatic rings. The van der Waals surface area contributed by atoms with Crippen LogP contribution in [0, 0.1) is 0 Å². The van der Waals surface area contributed by atoms with Gasteiger partial charge in [-0.05, 0) is 30.7 Å². The van der Waals surface area contributed by atoms with Crippen LogP contribution in [0.15, 0.2) is 24.3 Å². The molecule has 0 aliphatic carbocycles. The van der Waals surface area contributed by atoms with Gasteiger partial charge in [0.05, 0.1) is 0 Å². The molecule has 0 spiro atoms. The predicted molar refractivity (Wildman–Crippen MR) is 85.4 cm³/mol. The maximum Gasteiger partial charge on any atom is 0.253 e. The van der Waals surface area contributed by atoms with Crippen molar-refractivity contribution in [3.05, 3.63) is 29.8 Å². The molecule has 1 aromatic rings. The second-order valence-corrected chi connectivity index (χ2v) is 5.57. The first-order valence-corrected chi connectivity index (χ1v) is 7.85. The molecule has 0 radical (unpaired) electrons. The molecule has 1 rings (SSSR count). The molecule has 1 aromatic carbocycles. The third-order valence-corrected chi connectivity index (χ3v) is 3.41. The number of hydrogen-bond acceptors (Lipinski definition) is 2. The Balaban J connectivity index is 2.77. The molecule has 0 aromatic heterocycles. The zero-order chi connectivity index (χ0) is 14.3. The van der Waals surface area contributed by atoms with E-state index >= 15 is 0 Å². The number of amides is 1. The SMILES string of the molecule is CCCCN(CCBr)C(=O)c1ccc(N(C)C)cc1. The van der Waals surface area contributed by atoms with Crippen LogP contribution in [0.2, 0.25) is 0 Å². The summed E-state index contributed by atoms with van der Waals surface area (Å²) in [6.45, 7) is 3.73. The smallest absolute Gasteiger partial charge is 0.253 e. The van der Waals surface area contributed by atoms with Gasteiger partial charge in [0.15, 0.2) is 0 Å². The summed E-state index contributed by atoms with van der Waals surface area (Å²) in [4.78, 5) is 16.4. The lowest BCUT2D eigenvalue weighted by Crippen LogP contribution is -2.33. The van der Waals surface area contributed by atoms with Gasteiger partial charge in [0.2, 0.25) is 0 Å². The van der Waals surface area contributed by atoms with Gasteiger partial charge in [-0.25, -0.2) is 0 Å². The van der Waals surface area contributed by atoms with Crippen molar-refractivity contribution in [2.24, 2.45) is 0 Å². The standard InChI is InChI=1S/C15H23BrN2O/c1-4-5-11-18(12-10-16)15(19)13-6-8-14(9-7-13)17(2)3/h6-9H,4-5,10-12H2,1-3H3. The van der Waals surface area contributed by atoms with Crippen LogP contribution in [0.1, 0.15) is 30.1 Å². The van der Waals surface area contributed by atoms with E-state index in [9.17, 15) is 4.79 Å². The van der Waals surface area contributed by atoms with E-state index in [1.165, 1.54) is 0 Å². The number of alkyl halides is 1. The molecular weight excluding hydrogens is 304 g/mol. The van der Waals surface area contributed by atoms with Crippen LogP contribution < -0.4 is 4.90 Å². The van der Waals surface area contributed by atoms with Crippen molar-refractivity contribution in [3.8, 4) is 0 Å². The summed E-state index contributed by atoms with van der Waals surface area (Å²) >= 11 is 3.41. The molecule has 3 nitrogen and oxygen atoms in total. The lowest BCUT2D eigenvalue weighted by Gasteiger charge is -2.22. The summed E-state index contributed by atoms with van der Waals surface area (Å²) in [5, 5.41) is 0.818. The van der Waals surface area contributed by atoms with Gasteiger partial charge < -0.3 is 9.80 Å². The number of hydrogen-bond donors (Lipinski definition) is 0. The number of carbonyl (C=O) groups excluding carboxylic acids is 1. The Hall–Kier alpha value is -1.03. The van der Waals surface area contributed by atoms with Gasteiger partial charge in [-0.1, -0.05) is 29.3 Å². The van der Waals surface area contributed by atoms with Gasteiger partial charge in [-0.3, -0.25) is 4.79 Å². The lowest BCUT2D eigenvalue weighted by atomic mass is 10.1. The van der Waals surface area contributed by atoms with Crippen LogP contribution in [-0.4, -0.2) is 43.3 Å². The minimum absolute atomic E-state index is 0.123. The number of halogens is 1. The highest BCUT2D eigenvalue weighted by molar-refractivity contribution is 9.09. The number of anilines is 1. The summed E-state index contributed by atoms with van der Waals surface area (Å²) in [5.74, 6) is 0.123. The maximum atomic E-state index is 12.4. The molecule has 0 unspecified atom stereocenters. The molecule has 0 bridgehead atoms. The normalized spacial score (nSPS) is 10.3. The Morgan fingerprint density at radius 3 is 2.26 bits per heavy atom. The maximum absolute atomic E-state index is 12.4. The average molecular weight is 327 g/mol. The molecule has 0 N–H and O–H groups in total. The number of benzene rings is 1. The molecule has 0 saturated heterocycles. The van der Waals surface area contributed by atoms with E-state index in [-0.39, 0.29) is 5.91 Å². The highest BCUT2D eigenvalue weighted by Crippen LogP contribution is 2.14. The van der Waals surface area contributed by atoms with Gasteiger partial charge in [-0.15, -0.1) is 0 Å². The zero-order valence-electron chi connectivity index (χ0n) is 12.0. The van der Waals surface area contributed by atoms with Crippen molar-refractivity contribution >= 4 is 27.5 Å². The molecular formula is C15H23BrN2O. The second kappa shape index (κ2) is 8.20. The summed E-state index contributed by atoms with van der Waals surface area (Å²) < 4.78 is 0. The Labute approximate surface area is 124 Å². The fraction of sp³-hybridized carbons (Fsp3) is 0.533. The first-order valence-electron chi connectivity index (χ1n) is 6.72. The van der Waals surface area contributed by atoms with Gasteiger partial charge in [0.25, 0.3) is 5.91 Å². The van der Waals surface area contributed by atoms with E-state index in [2.05, 4.69) is 22.9 Å². The van der Waals surface area contributed by atoms with Crippen LogP contribution in [0.25, 0.3) is 0 Å². The Morgan fingerprint density at radius 1 is 1.16 bits per heavy atom. The number of nitrogens with zero attached hydrogens (tertiary/aromatic N) is 2. The van der Waals surface area contributed by atoms with Gasteiger partial charge in [0.1, 0.15) is 0 Å². The third-order valence-electron chi connectivity index (χ3n) is 3.05. The van der Waals surface area contributed by atoms with Crippen molar-refractivity contribution in [1.29, 1.82) is 0 Å². The minimum atomic E-state index is 0.123. The van der Waals surface area contributed by atoms with Crippen molar-refractivity contribution in [1.82, 2.24) is 4.90 Å². The lowest BCUT2D eigenvalue weighted by molar-refractivity contribution is 0.0764. The summed E-state index contributed by atoms with van der Waals surface area (Å²) in [7, 11) is 3.99. The first-order chi connectivity index (χ1) is 9.10. The third kappa shape index (κ3) is 4.86. The van der Waals surface area contributed by atoms with Crippen LogP contribution in [-0.2, 0) is 0 Å². The Bertz CT molecular complexity index is 390. The predicted octanol–water partition coefficient (Wildman–Crippen LogP) is 3.39. The van der Waals surface area contributed by atoms with Gasteiger partial charge in [-0.2, -0.15) is 0 Å². The molecule has 1 amide bonds. The van der Waals surface area contributed by atoms with Crippen LogP contribution in [0.4, 0.5) is 5.69 Å². The number of unbranched alkanes of at least 4 members (excludes halogenated alkanes) is 1. The van der Waals surface area contributed by atoms with Crippen molar-refractivity contribution in [2.75, 3.05) is 37.4 Å². The highest BCUT2D eigenvalue weighted by atomic mass is 79.9. The molecule has 4 heteroatoms. The number of rotatable bonds is 7. The van der Waals surface area contributed by atoms with Crippen molar-refractivity contribution < 1.29 is 4.79 Å². The fourth-order valence-electron chi connectivity index (χ4n) is 1.85. The topological polar surface area (TPSA) is 23.6 Å². The Morgan fingerprint density at radius 2 is 1.79 bits per heavy atom. The van der Waals surface area contributed by atoms with Crippen LogP contribution in [0.3, 0.4) is 0 Å². The van der Waals surface area contributed by atoms with Crippen molar-refractivity contribution in [2.45, 2.75) is 19.8 Å². The summed E-state index contributed by atoms with van der Waals surface area (Å²) in [5.41, 5.74) is 1.87. The largest absolute Gasteiger partial charge is 0.378 e. The van der Waals surface area contributed by atoms with Gasteiger partial charge in [0, 0.05) is 43.8 Å². The molecule has 0 aliphatic heterocycles. The molecule has 0 heterocycles. The fourth-order valence-corrected chi connectivity index (χ4v) is 2.28.